The second kappa shape index (κ2) is 9.35. The minimum atomic E-state index is -0.375. The minimum absolute atomic E-state index is 0.0653. The van der Waals surface area contributed by atoms with E-state index in [2.05, 4.69) is 5.32 Å². The van der Waals surface area contributed by atoms with E-state index in [0.717, 1.165) is 24.2 Å². The third-order valence-electron chi connectivity index (χ3n) is 4.83. The summed E-state index contributed by atoms with van der Waals surface area (Å²) in [5.41, 5.74) is 1.56. The molecule has 0 aliphatic carbocycles. The average Bonchev–Trinajstić information content (AvgIpc) is 2.71. The Kier molecular flexibility index (Phi) is 6.63. The van der Waals surface area contributed by atoms with Gasteiger partial charge in [-0.1, -0.05) is 12.1 Å². The molecular weight excluding hydrogens is 359 g/mol. The molecule has 1 fully saturated rings. The highest BCUT2D eigenvalue weighted by Gasteiger charge is 2.28. The van der Waals surface area contributed by atoms with E-state index in [0.29, 0.717) is 31.8 Å². The summed E-state index contributed by atoms with van der Waals surface area (Å²) in [6, 6.07) is 13.3. The molecule has 1 heterocycles. The van der Waals surface area contributed by atoms with Gasteiger partial charge in [0.05, 0.1) is 12.5 Å². The number of hydrogen-bond donors (Lipinski definition) is 1. The Balaban J connectivity index is 1.46. The van der Waals surface area contributed by atoms with Crippen LogP contribution in [0.4, 0.5) is 4.39 Å². The first-order chi connectivity index (χ1) is 13.5. The number of halogens is 1. The first-order valence-corrected chi connectivity index (χ1v) is 9.55. The number of likely N-dealkylation sites (tertiary alicyclic amines) is 1. The molecule has 1 N–H and O–H groups in total. The van der Waals surface area contributed by atoms with Crippen molar-refractivity contribution in [2.75, 3.05) is 26.2 Å². The standard InChI is InChI=1S/C22H25FN2O3/c1-16-4-2-6-20(14-16)28-13-11-24-21(26)18-5-3-12-25(15-18)22(27)17-7-9-19(23)10-8-17/h2,4,6-10,14,18H,3,5,11-13,15H2,1H3,(H,24,26). The van der Waals surface area contributed by atoms with Crippen LogP contribution in [-0.2, 0) is 4.79 Å². The number of carbonyl (C=O) groups excluding carboxylic acids is 2. The van der Waals surface area contributed by atoms with E-state index in [9.17, 15) is 14.0 Å². The minimum Gasteiger partial charge on any atom is -0.492 e. The Morgan fingerprint density at radius 1 is 1.21 bits per heavy atom. The molecule has 0 bridgehead atoms. The van der Waals surface area contributed by atoms with E-state index in [1.165, 1.54) is 24.3 Å². The maximum absolute atomic E-state index is 13.0. The van der Waals surface area contributed by atoms with Crippen molar-refractivity contribution in [3.05, 3.63) is 65.5 Å². The van der Waals surface area contributed by atoms with Crippen LogP contribution in [0.5, 0.6) is 5.75 Å². The molecular formula is C22H25FN2O3. The molecule has 3 rings (SSSR count). The molecule has 28 heavy (non-hydrogen) atoms. The number of benzene rings is 2. The zero-order valence-electron chi connectivity index (χ0n) is 16.0. The fourth-order valence-corrected chi connectivity index (χ4v) is 3.34. The van der Waals surface area contributed by atoms with Crippen molar-refractivity contribution < 1.29 is 18.7 Å². The van der Waals surface area contributed by atoms with E-state index in [-0.39, 0.29) is 23.5 Å². The second-order valence-electron chi connectivity index (χ2n) is 7.05. The molecule has 1 aliphatic rings. The summed E-state index contributed by atoms with van der Waals surface area (Å²) in [6.45, 7) is 3.78. The van der Waals surface area contributed by atoms with Crippen LogP contribution in [-0.4, -0.2) is 43.0 Å². The highest BCUT2D eigenvalue weighted by Crippen LogP contribution is 2.19. The molecule has 148 valence electrons. The fraction of sp³-hybridized carbons (Fsp3) is 0.364. The Hall–Kier alpha value is -2.89. The maximum Gasteiger partial charge on any atom is 0.253 e. The van der Waals surface area contributed by atoms with Crippen molar-refractivity contribution in [2.24, 2.45) is 5.92 Å². The molecule has 0 spiro atoms. The number of aryl methyl sites for hydroxylation is 1. The van der Waals surface area contributed by atoms with Gasteiger partial charge in [0.2, 0.25) is 5.91 Å². The van der Waals surface area contributed by atoms with Gasteiger partial charge in [-0.05, 0) is 61.7 Å². The van der Waals surface area contributed by atoms with E-state index in [1.54, 1.807) is 4.90 Å². The lowest BCUT2D eigenvalue weighted by Crippen LogP contribution is -2.46. The summed E-state index contributed by atoms with van der Waals surface area (Å²) in [7, 11) is 0. The van der Waals surface area contributed by atoms with Crippen LogP contribution in [0.1, 0.15) is 28.8 Å². The fourth-order valence-electron chi connectivity index (χ4n) is 3.34. The Labute approximate surface area is 164 Å². The quantitative estimate of drug-likeness (QED) is 0.779. The van der Waals surface area contributed by atoms with Crippen LogP contribution in [0.3, 0.4) is 0 Å². The summed E-state index contributed by atoms with van der Waals surface area (Å²) >= 11 is 0. The van der Waals surface area contributed by atoms with Gasteiger partial charge in [-0.15, -0.1) is 0 Å². The molecule has 5 nitrogen and oxygen atoms in total. The van der Waals surface area contributed by atoms with Crippen LogP contribution >= 0.6 is 0 Å². The van der Waals surface area contributed by atoms with Crippen molar-refractivity contribution in [1.29, 1.82) is 0 Å². The van der Waals surface area contributed by atoms with Crippen molar-refractivity contribution in [2.45, 2.75) is 19.8 Å². The molecule has 1 aliphatic heterocycles. The van der Waals surface area contributed by atoms with Crippen molar-refractivity contribution in [3.8, 4) is 5.75 Å². The predicted molar refractivity (Wildman–Crippen MR) is 105 cm³/mol. The Morgan fingerprint density at radius 2 is 2.00 bits per heavy atom. The van der Waals surface area contributed by atoms with E-state index in [4.69, 9.17) is 4.74 Å². The Morgan fingerprint density at radius 3 is 2.75 bits per heavy atom. The van der Waals surface area contributed by atoms with E-state index >= 15 is 0 Å². The molecule has 0 radical (unpaired) electrons. The summed E-state index contributed by atoms with van der Waals surface area (Å²) in [4.78, 5) is 26.7. The molecule has 0 aromatic heterocycles. The second-order valence-corrected chi connectivity index (χ2v) is 7.05. The van der Waals surface area contributed by atoms with Gasteiger partial charge in [0.15, 0.2) is 0 Å². The van der Waals surface area contributed by atoms with E-state index < -0.39 is 0 Å². The summed E-state index contributed by atoms with van der Waals surface area (Å²) < 4.78 is 18.7. The normalized spacial score (nSPS) is 16.5. The lowest BCUT2D eigenvalue weighted by molar-refractivity contribution is -0.126. The summed E-state index contributed by atoms with van der Waals surface area (Å²) in [5.74, 6) is -0.0647. The Bertz CT molecular complexity index is 823. The number of hydrogen-bond acceptors (Lipinski definition) is 3. The maximum atomic E-state index is 13.0. The monoisotopic (exact) mass is 384 g/mol. The number of nitrogens with zero attached hydrogens (tertiary/aromatic N) is 1. The third-order valence-corrected chi connectivity index (χ3v) is 4.83. The van der Waals surface area contributed by atoms with Crippen LogP contribution in [0.25, 0.3) is 0 Å². The number of ether oxygens (including phenoxy) is 1. The molecule has 0 saturated carbocycles. The number of piperidine rings is 1. The molecule has 1 atom stereocenters. The molecule has 1 saturated heterocycles. The molecule has 2 aromatic carbocycles. The largest absolute Gasteiger partial charge is 0.492 e. The van der Waals surface area contributed by atoms with Gasteiger partial charge < -0.3 is 15.0 Å². The molecule has 6 heteroatoms. The van der Waals surface area contributed by atoms with Gasteiger partial charge in [0, 0.05) is 18.7 Å². The molecule has 2 aromatic rings. The highest BCUT2D eigenvalue weighted by molar-refractivity contribution is 5.94. The number of carbonyl (C=O) groups is 2. The van der Waals surface area contributed by atoms with Gasteiger partial charge in [-0.2, -0.15) is 0 Å². The lowest BCUT2D eigenvalue weighted by Gasteiger charge is -2.32. The highest BCUT2D eigenvalue weighted by atomic mass is 19.1. The first-order valence-electron chi connectivity index (χ1n) is 9.55. The van der Waals surface area contributed by atoms with Crippen molar-refractivity contribution in [1.82, 2.24) is 10.2 Å². The first kappa shape index (κ1) is 19.9. The van der Waals surface area contributed by atoms with Gasteiger partial charge in [0.1, 0.15) is 18.2 Å². The summed E-state index contributed by atoms with van der Waals surface area (Å²) in [5, 5.41) is 2.89. The zero-order valence-corrected chi connectivity index (χ0v) is 16.0. The zero-order chi connectivity index (χ0) is 19.9. The third kappa shape index (κ3) is 5.31. The smallest absolute Gasteiger partial charge is 0.253 e. The van der Waals surface area contributed by atoms with Crippen molar-refractivity contribution in [3.63, 3.8) is 0 Å². The topological polar surface area (TPSA) is 58.6 Å². The van der Waals surface area contributed by atoms with Crippen LogP contribution < -0.4 is 10.1 Å². The summed E-state index contributed by atoms with van der Waals surface area (Å²) in [6.07, 6.45) is 1.52. The predicted octanol–water partition coefficient (Wildman–Crippen LogP) is 3.18. The number of amides is 2. The van der Waals surface area contributed by atoms with Crippen molar-refractivity contribution >= 4 is 11.8 Å². The van der Waals surface area contributed by atoms with Gasteiger partial charge in [-0.25, -0.2) is 4.39 Å². The molecule has 1 unspecified atom stereocenters. The average molecular weight is 384 g/mol. The van der Waals surface area contributed by atoms with Gasteiger partial charge in [-0.3, -0.25) is 9.59 Å². The van der Waals surface area contributed by atoms with Gasteiger partial charge in [0.25, 0.3) is 5.91 Å². The van der Waals surface area contributed by atoms with Gasteiger partial charge >= 0.3 is 0 Å². The van der Waals surface area contributed by atoms with Crippen LogP contribution in [0.15, 0.2) is 48.5 Å². The van der Waals surface area contributed by atoms with Crippen LogP contribution in [0.2, 0.25) is 0 Å². The van der Waals surface area contributed by atoms with E-state index in [1.807, 2.05) is 31.2 Å². The number of nitrogens with one attached hydrogen (secondary N) is 1. The van der Waals surface area contributed by atoms with Crippen LogP contribution in [0, 0.1) is 18.7 Å². The number of rotatable bonds is 6. The lowest BCUT2D eigenvalue weighted by atomic mass is 9.96. The SMILES string of the molecule is Cc1cccc(OCCNC(=O)C2CCCN(C(=O)c3ccc(F)cc3)C2)c1. The molecule has 2 amide bonds.